The first-order valence-corrected chi connectivity index (χ1v) is 10.1. The van der Waals surface area contributed by atoms with Gasteiger partial charge in [0, 0.05) is 31.5 Å². The monoisotopic (exact) mass is 380 g/mol. The molecule has 3 heterocycles. The molecule has 0 radical (unpaired) electrons. The van der Waals surface area contributed by atoms with Crippen molar-refractivity contribution in [2.24, 2.45) is 4.99 Å². The van der Waals surface area contributed by atoms with Gasteiger partial charge in [-0.15, -0.1) is 0 Å². The number of allylic oxidation sites excluding steroid dienone is 2. The van der Waals surface area contributed by atoms with Gasteiger partial charge in [-0.05, 0) is 48.8 Å². The quantitative estimate of drug-likeness (QED) is 0.853. The van der Waals surface area contributed by atoms with Crippen LogP contribution in [0, 0.1) is 0 Å². The molecule has 1 saturated heterocycles. The van der Waals surface area contributed by atoms with Crippen LogP contribution in [-0.4, -0.2) is 55.0 Å². The largest absolute Gasteiger partial charge is 0.378 e. The van der Waals surface area contributed by atoms with Gasteiger partial charge in [0.2, 0.25) is 5.91 Å². The highest BCUT2D eigenvalue weighted by molar-refractivity contribution is 6.01. The Balaban J connectivity index is 1.37. The summed E-state index contributed by atoms with van der Waals surface area (Å²) in [5.41, 5.74) is 3.47. The van der Waals surface area contributed by atoms with Crippen LogP contribution >= 0.6 is 0 Å². The highest BCUT2D eigenvalue weighted by atomic mass is 16.5. The fraction of sp³-hybridized carbons (Fsp3) is 0.455. The van der Waals surface area contributed by atoms with Gasteiger partial charge in [-0.2, -0.15) is 0 Å². The van der Waals surface area contributed by atoms with Crippen LogP contribution < -0.4 is 10.2 Å². The topological polar surface area (TPSA) is 57.2 Å². The van der Waals surface area contributed by atoms with Crippen molar-refractivity contribution in [3.8, 4) is 0 Å². The van der Waals surface area contributed by atoms with Crippen LogP contribution in [0.15, 0.2) is 53.2 Å². The van der Waals surface area contributed by atoms with E-state index in [0.29, 0.717) is 6.54 Å². The van der Waals surface area contributed by atoms with E-state index in [4.69, 9.17) is 9.73 Å². The number of morpholine rings is 1. The number of aliphatic imine (C=N–C) groups is 1. The third kappa shape index (κ3) is 3.83. The Morgan fingerprint density at radius 1 is 1.25 bits per heavy atom. The number of hydrogen-bond donors (Lipinski definition) is 1. The van der Waals surface area contributed by atoms with Gasteiger partial charge in [0.1, 0.15) is 11.9 Å². The third-order valence-electron chi connectivity index (χ3n) is 5.55. The van der Waals surface area contributed by atoms with Crippen molar-refractivity contribution < 1.29 is 9.53 Å². The molecule has 0 aromatic heterocycles. The predicted molar refractivity (Wildman–Crippen MR) is 111 cm³/mol. The molecule has 1 N–H and O–H groups in total. The van der Waals surface area contributed by atoms with Crippen molar-refractivity contribution in [1.82, 2.24) is 10.2 Å². The summed E-state index contributed by atoms with van der Waals surface area (Å²) in [6.45, 7) is 8.06. The second-order valence-electron chi connectivity index (χ2n) is 7.50. The van der Waals surface area contributed by atoms with E-state index < -0.39 is 0 Å². The maximum Gasteiger partial charge on any atom is 0.245 e. The second kappa shape index (κ2) is 8.19. The van der Waals surface area contributed by atoms with Gasteiger partial charge >= 0.3 is 0 Å². The zero-order chi connectivity index (χ0) is 19.5. The van der Waals surface area contributed by atoms with Crippen molar-refractivity contribution in [3.63, 3.8) is 0 Å². The van der Waals surface area contributed by atoms with E-state index in [1.807, 2.05) is 30.2 Å². The molecule has 6 nitrogen and oxygen atoms in total. The highest BCUT2D eigenvalue weighted by Gasteiger charge is 2.39. The lowest BCUT2D eigenvalue weighted by Crippen LogP contribution is -2.48. The van der Waals surface area contributed by atoms with Gasteiger partial charge in [0.25, 0.3) is 0 Å². The van der Waals surface area contributed by atoms with Gasteiger partial charge in [0.05, 0.1) is 19.3 Å². The minimum Gasteiger partial charge on any atom is -0.378 e. The van der Waals surface area contributed by atoms with Crippen molar-refractivity contribution in [1.29, 1.82) is 0 Å². The lowest BCUT2D eigenvalue weighted by Gasteiger charge is -2.29. The molecule has 1 aromatic rings. The maximum atomic E-state index is 12.9. The summed E-state index contributed by atoms with van der Waals surface area (Å²) in [6.07, 6.45) is 6.89. The number of anilines is 1. The normalized spacial score (nSPS) is 23.9. The number of carbonyl (C=O) groups excluding carboxylic acids is 1. The van der Waals surface area contributed by atoms with Crippen LogP contribution in [-0.2, 0) is 16.1 Å². The third-order valence-corrected chi connectivity index (χ3v) is 5.55. The van der Waals surface area contributed by atoms with Gasteiger partial charge in [-0.25, -0.2) is 0 Å². The van der Waals surface area contributed by atoms with Crippen molar-refractivity contribution in [2.45, 2.75) is 38.9 Å². The van der Waals surface area contributed by atoms with Crippen molar-refractivity contribution in [3.05, 3.63) is 53.8 Å². The molecule has 0 spiro atoms. The summed E-state index contributed by atoms with van der Waals surface area (Å²) in [6, 6.07) is 8.15. The first-order valence-electron chi connectivity index (χ1n) is 10.1. The van der Waals surface area contributed by atoms with E-state index in [9.17, 15) is 4.79 Å². The zero-order valence-electron chi connectivity index (χ0n) is 16.6. The molecule has 2 unspecified atom stereocenters. The number of carbonyl (C=O) groups is 1. The molecule has 3 aliphatic heterocycles. The molecule has 6 heteroatoms. The fourth-order valence-corrected chi connectivity index (χ4v) is 3.92. The molecule has 1 fully saturated rings. The Bertz CT molecular complexity index is 806. The van der Waals surface area contributed by atoms with E-state index in [1.165, 1.54) is 5.69 Å². The molecule has 3 aliphatic rings. The summed E-state index contributed by atoms with van der Waals surface area (Å²) in [5, 5.41) is 3.11. The standard InChI is InChI=1S/C22H28N4O2/c1-3-19-21(26-9-8-16(2)14-20(26)24-19)22(27)23-15-17-4-6-18(7-5-17)25-10-12-28-13-11-25/h4-9,14,19,21H,3,10-13,15H2,1-2H3,(H,23,27). The Labute approximate surface area is 166 Å². The molecule has 1 aromatic carbocycles. The minimum absolute atomic E-state index is 0.00880. The Morgan fingerprint density at radius 3 is 2.71 bits per heavy atom. The molecule has 0 saturated carbocycles. The molecule has 1 amide bonds. The number of fused-ring (bicyclic) bond motifs is 1. The van der Waals surface area contributed by atoms with E-state index in [-0.39, 0.29) is 18.0 Å². The lowest BCUT2D eigenvalue weighted by molar-refractivity contribution is -0.124. The molecular formula is C22H28N4O2. The number of benzene rings is 1. The van der Waals surface area contributed by atoms with Crippen LogP contribution in [0.4, 0.5) is 5.69 Å². The van der Waals surface area contributed by atoms with Crippen LogP contribution in [0.25, 0.3) is 0 Å². The Kier molecular flexibility index (Phi) is 5.48. The van der Waals surface area contributed by atoms with Gasteiger partial charge in [-0.3, -0.25) is 9.79 Å². The molecular weight excluding hydrogens is 352 g/mol. The van der Waals surface area contributed by atoms with E-state index in [2.05, 4.69) is 41.4 Å². The predicted octanol–water partition coefficient (Wildman–Crippen LogP) is 2.47. The van der Waals surface area contributed by atoms with Crippen LogP contribution in [0.5, 0.6) is 0 Å². The van der Waals surface area contributed by atoms with E-state index in [1.54, 1.807) is 0 Å². The van der Waals surface area contributed by atoms with Gasteiger partial charge in [0.15, 0.2) is 0 Å². The molecule has 0 bridgehead atoms. The van der Waals surface area contributed by atoms with Crippen LogP contribution in [0.3, 0.4) is 0 Å². The maximum absolute atomic E-state index is 12.9. The number of nitrogens with zero attached hydrogens (tertiary/aromatic N) is 3. The minimum atomic E-state index is -0.270. The number of rotatable bonds is 5. The average Bonchev–Trinajstić information content (AvgIpc) is 3.10. The smallest absolute Gasteiger partial charge is 0.245 e. The molecule has 0 aliphatic carbocycles. The zero-order valence-corrected chi connectivity index (χ0v) is 16.6. The SMILES string of the molecule is CCC1N=C2C=C(C)C=CN2C1C(=O)NCc1ccc(N2CCOCC2)cc1. The second-order valence-corrected chi connectivity index (χ2v) is 7.50. The summed E-state index contributed by atoms with van der Waals surface area (Å²) in [4.78, 5) is 22.0. The number of amides is 1. The summed E-state index contributed by atoms with van der Waals surface area (Å²) >= 11 is 0. The summed E-state index contributed by atoms with van der Waals surface area (Å²) in [7, 11) is 0. The fourth-order valence-electron chi connectivity index (χ4n) is 3.92. The average molecular weight is 380 g/mol. The molecule has 148 valence electrons. The Hall–Kier alpha value is -2.60. The van der Waals surface area contributed by atoms with E-state index in [0.717, 1.165) is 49.7 Å². The summed E-state index contributed by atoms with van der Waals surface area (Å²) < 4.78 is 5.41. The van der Waals surface area contributed by atoms with Crippen molar-refractivity contribution in [2.75, 3.05) is 31.2 Å². The lowest BCUT2D eigenvalue weighted by atomic mass is 10.0. The Morgan fingerprint density at radius 2 is 2.00 bits per heavy atom. The number of hydrogen-bond acceptors (Lipinski definition) is 5. The number of ether oxygens (including phenoxy) is 1. The molecule has 28 heavy (non-hydrogen) atoms. The molecule has 2 atom stereocenters. The van der Waals surface area contributed by atoms with Gasteiger partial charge in [-0.1, -0.05) is 19.1 Å². The molecule has 4 rings (SSSR count). The van der Waals surface area contributed by atoms with E-state index >= 15 is 0 Å². The number of amidine groups is 1. The highest BCUT2D eigenvalue weighted by Crippen LogP contribution is 2.25. The van der Waals surface area contributed by atoms with Gasteiger partial charge < -0.3 is 19.9 Å². The van der Waals surface area contributed by atoms with Crippen LogP contribution in [0.1, 0.15) is 25.8 Å². The first-order chi connectivity index (χ1) is 13.7. The van der Waals surface area contributed by atoms with Crippen molar-refractivity contribution >= 4 is 17.4 Å². The van der Waals surface area contributed by atoms with Crippen LogP contribution in [0.2, 0.25) is 0 Å². The summed E-state index contributed by atoms with van der Waals surface area (Å²) in [5.74, 6) is 0.919. The number of nitrogens with one attached hydrogen (secondary N) is 1. The first kappa shape index (κ1) is 18.7.